The predicted molar refractivity (Wildman–Crippen MR) is 122 cm³/mol. The van der Waals surface area contributed by atoms with Gasteiger partial charge < -0.3 is 18.9 Å². The minimum Gasteiger partial charge on any atom is -0.493 e. The molecule has 5 rings (SSSR count). The van der Waals surface area contributed by atoms with Crippen LogP contribution in [0.15, 0.2) is 60.7 Å². The van der Waals surface area contributed by atoms with E-state index in [1.807, 2.05) is 49.9 Å². The highest BCUT2D eigenvalue weighted by Crippen LogP contribution is 2.39. The smallest absolute Gasteiger partial charge is 0.289 e. The number of halogens is 1. The summed E-state index contributed by atoms with van der Waals surface area (Å²) in [5.41, 5.74) is 2.18. The molecule has 2 aromatic carbocycles. The number of aryl methyl sites for hydroxylation is 1. The molecule has 170 valence electrons. The van der Waals surface area contributed by atoms with E-state index in [2.05, 4.69) is 4.98 Å². The molecular formula is C26H26FN3O3. The van der Waals surface area contributed by atoms with Crippen LogP contribution in [0.3, 0.4) is 0 Å². The third-order valence-electron chi connectivity index (χ3n) is 5.97. The van der Waals surface area contributed by atoms with Crippen LogP contribution in [0.25, 0.3) is 11.8 Å². The Morgan fingerprint density at radius 3 is 2.79 bits per heavy atom. The van der Waals surface area contributed by atoms with Crippen LogP contribution in [-0.2, 0) is 9.53 Å². The molecule has 0 unspecified atom stereocenters. The third-order valence-corrected chi connectivity index (χ3v) is 5.97. The summed E-state index contributed by atoms with van der Waals surface area (Å²) in [6.45, 7) is 6.76. The summed E-state index contributed by atoms with van der Waals surface area (Å²) in [5, 5.41) is 0. The number of ether oxygens (including phenoxy) is 2. The van der Waals surface area contributed by atoms with Gasteiger partial charge in [-0.15, -0.1) is 0 Å². The number of morpholine rings is 1. The van der Waals surface area contributed by atoms with Crippen LogP contribution >= 0.6 is 0 Å². The summed E-state index contributed by atoms with van der Waals surface area (Å²) >= 11 is 0. The molecule has 7 heteroatoms. The Morgan fingerprint density at radius 2 is 2.03 bits per heavy atom. The lowest BCUT2D eigenvalue weighted by Gasteiger charge is -2.44. The molecule has 1 atom stereocenters. The largest absolute Gasteiger partial charge is 0.493 e. The Bertz CT molecular complexity index is 1250. The summed E-state index contributed by atoms with van der Waals surface area (Å²) in [5.74, 6) is 0.412. The van der Waals surface area contributed by atoms with Gasteiger partial charge in [0.05, 0.1) is 36.9 Å². The molecule has 1 amide bonds. The van der Waals surface area contributed by atoms with Gasteiger partial charge in [-0.2, -0.15) is 0 Å². The SMILES string of the molecule is Cc1cn(-c2ccc(C=C3OC(C)(C)CN([C@H]4CCOc5ccccc54)C3=O)cc2F)cn1. The number of rotatable bonds is 3. The van der Waals surface area contributed by atoms with Crippen molar-refractivity contribution in [2.24, 2.45) is 0 Å². The van der Waals surface area contributed by atoms with Crippen molar-refractivity contribution in [2.75, 3.05) is 13.2 Å². The van der Waals surface area contributed by atoms with E-state index < -0.39 is 11.4 Å². The summed E-state index contributed by atoms with van der Waals surface area (Å²) < 4.78 is 28.3. The van der Waals surface area contributed by atoms with Crippen LogP contribution in [0, 0.1) is 12.7 Å². The zero-order valence-corrected chi connectivity index (χ0v) is 18.9. The predicted octanol–water partition coefficient (Wildman–Crippen LogP) is 4.82. The number of hydrogen-bond acceptors (Lipinski definition) is 4. The van der Waals surface area contributed by atoms with Gasteiger partial charge in [-0.1, -0.05) is 24.3 Å². The van der Waals surface area contributed by atoms with Crippen LogP contribution < -0.4 is 4.74 Å². The molecule has 0 spiro atoms. The Kier molecular flexibility index (Phi) is 5.19. The van der Waals surface area contributed by atoms with E-state index in [1.165, 1.54) is 6.07 Å². The molecule has 3 heterocycles. The number of para-hydroxylation sites is 1. The lowest BCUT2D eigenvalue weighted by Crippen LogP contribution is -2.52. The second-order valence-electron chi connectivity index (χ2n) is 9.13. The number of imidazole rings is 1. The van der Waals surface area contributed by atoms with Gasteiger partial charge in [0.15, 0.2) is 5.76 Å². The zero-order valence-electron chi connectivity index (χ0n) is 18.9. The van der Waals surface area contributed by atoms with Gasteiger partial charge >= 0.3 is 0 Å². The Balaban J connectivity index is 1.47. The normalized spacial score (nSPS) is 20.8. The molecule has 0 saturated carbocycles. The highest BCUT2D eigenvalue weighted by molar-refractivity contribution is 5.97. The van der Waals surface area contributed by atoms with E-state index in [-0.39, 0.29) is 17.7 Å². The Morgan fingerprint density at radius 1 is 1.21 bits per heavy atom. The molecule has 3 aromatic rings. The third kappa shape index (κ3) is 4.11. The Hall–Kier alpha value is -3.61. The fourth-order valence-corrected chi connectivity index (χ4v) is 4.51. The quantitative estimate of drug-likeness (QED) is 0.540. The van der Waals surface area contributed by atoms with Crippen molar-refractivity contribution < 1.29 is 18.7 Å². The first-order valence-corrected chi connectivity index (χ1v) is 11.0. The molecule has 6 nitrogen and oxygen atoms in total. The van der Waals surface area contributed by atoms with Crippen LogP contribution in [0.4, 0.5) is 4.39 Å². The first kappa shape index (κ1) is 21.2. The summed E-state index contributed by atoms with van der Waals surface area (Å²) in [7, 11) is 0. The van der Waals surface area contributed by atoms with Crippen molar-refractivity contribution in [3.63, 3.8) is 0 Å². The van der Waals surface area contributed by atoms with E-state index in [9.17, 15) is 9.18 Å². The molecule has 1 aromatic heterocycles. The number of fused-ring (bicyclic) bond motifs is 1. The minimum absolute atomic E-state index is 0.0994. The van der Waals surface area contributed by atoms with Crippen LogP contribution in [0.5, 0.6) is 5.75 Å². The Labute approximate surface area is 192 Å². The van der Waals surface area contributed by atoms with Gasteiger partial charge in [0.1, 0.15) is 17.2 Å². The number of benzene rings is 2. The topological polar surface area (TPSA) is 56.6 Å². The van der Waals surface area contributed by atoms with E-state index in [4.69, 9.17) is 9.47 Å². The van der Waals surface area contributed by atoms with E-state index in [1.54, 1.807) is 35.3 Å². The number of amides is 1. The average molecular weight is 448 g/mol. The standard InChI is InChI=1S/C26H26FN3O3/c1-17-14-29(16-28-17)22-9-8-18(12-20(22)27)13-24-25(31)30(15-26(2,3)33-24)21-10-11-32-23-7-5-4-6-19(21)23/h4-9,12-14,16,21H,10-11,15H2,1-3H3/t21-/m0/s1. The molecular weight excluding hydrogens is 421 g/mol. The van der Waals surface area contributed by atoms with Crippen LogP contribution in [0.1, 0.15) is 43.1 Å². The molecule has 33 heavy (non-hydrogen) atoms. The monoisotopic (exact) mass is 447 g/mol. The molecule has 0 N–H and O–H groups in total. The molecule has 2 aliphatic rings. The molecule has 2 aliphatic heterocycles. The van der Waals surface area contributed by atoms with E-state index in [0.717, 1.165) is 17.0 Å². The van der Waals surface area contributed by atoms with E-state index in [0.29, 0.717) is 30.8 Å². The van der Waals surface area contributed by atoms with Gasteiger partial charge in [0.25, 0.3) is 5.91 Å². The highest BCUT2D eigenvalue weighted by Gasteiger charge is 2.41. The number of aromatic nitrogens is 2. The minimum atomic E-state index is -0.584. The second-order valence-corrected chi connectivity index (χ2v) is 9.13. The molecule has 1 saturated heterocycles. The number of hydrogen-bond donors (Lipinski definition) is 0. The highest BCUT2D eigenvalue weighted by atomic mass is 19.1. The fourth-order valence-electron chi connectivity index (χ4n) is 4.51. The molecule has 0 bridgehead atoms. The average Bonchev–Trinajstić information content (AvgIpc) is 3.21. The number of nitrogens with zero attached hydrogens (tertiary/aromatic N) is 3. The van der Waals surface area contributed by atoms with Gasteiger partial charge in [-0.05, 0) is 50.6 Å². The van der Waals surface area contributed by atoms with Crippen molar-refractivity contribution in [1.29, 1.82) is 0 Å². The molecule has 1 fully saturated rings. The van der Waals surface area contributed by atoms with Gasteiger partial charge in [0, 0.05) is 18.2 Å². The zero-order chi connectivity index (χ0) is 23.2. The lowest BCUT2D eigenvalue weighted by molar-refractivity contribution is -0.150. The van der Waals surface area contributed by atoms with Gasteiger partial charge in [-0.3, -0.25) is 4.79 Å². The lowest BCUT2D eigenvalue weighted by atomic mass is 9.95. The second kappa shape index (κ2) is 8.06. The number of carbonyl (C=O) groups excluding carboxylic acids is 1. The van der Waals surface area contributed by atoms with Gasteiger partial charge in [0.2, 0.25) is 0 Å². The van der Waals surface area contributed by atoms with Crippen molar-refractivity contribution in [3.05, 3.63) is 83.4 Å². The van der Waals surface area contributed by atoms with Crippen molar-refractivity contribution in [3.8, 4) is 11.4 Å². The first-order chi connectivity index (χ1) is 15.8. The maximum Gasteiger partial charge on any atom is 0.289 e. The molecule has 0 aliphatic carbocycles. The maximum atomic E-state index is 14.9. The van der Waals surface area contributed by atoms with Crippen molar-refractivity contribution in [1.82, 2.24) is 14.5 Å². The molecule has 0 radical (unpaired) electrons. The summed E-state index contributed by atoms with van der Waals surface area (Å²) in [6.07, 6.45) is 5.66. The summed E-state index contributed by atoms with van der Waals surface area (Å²) in [6, 6.07) is 12.6. The van der Waals surface area contributed by atoms with E-state index >= 15 is 0 Å². The summed E-state index contributed by atoms with van der Waals surface area (Å²) in [4.78, 5) is 19.5. The number of carbonyl (C=O) groups is 1. The van der Waals surface area contributed by atoms with Crippen LogP contribution in [0.2, 0.25) is 0 Å². The van der Waals surface area contributed by atoms with Crippen molar-refractivity contribution >= 4 is 12.0 Å². The van der Waals surface area contributed by atoms with Crippen LogP contribution in [-0.4, -0.2) is 39.1 Å². The van der Waals surface area contributed by atoms with Gasteiger partial charge in [-0.25, -0.2) is 9.37 Å². The van der Waals surface area contributed by atoms with Crippen molar-refractivity contribution in [2.45, 2.75) is 38.8 Å². The maximum absolute atomic E-state index is 14.9. The fraction of sp³-hybridized carbons (Fsp3) is 0.308. The first-order valence-electron chi connectivity index (χ1n) is 11.0.